The van der Waals surface area contributed by atoms with Crippen molar-refractivity contribution >= 4 is 18.3 Å². The zero-order chi connectivity index (χ0) is 13.8. The monoisotopic (exact) mass is 296 g/mol. The Kier molecular flexibility index (Phi) is 6.50. The van der Waals surface area contributed by atoms with E-state index in [1.54, 1.807) is 0 Å². The molecule has 0 saturated heterocycles. The number of nitrogens with zero attached hydrogens (tertiary/aromatic N) is 1. The van der Waals surface area contributed by atoms with E-state index in [0.29, 0.717) is 24.9 Å². The van der Waals surface area contributed by atoms with Crippen molar-refractivity contribution in [2.45, 2.75) is 51.7 Å². The standard InChI is InChI=1S/C16H24N2O.ClH/c1-3-15(17)16(19)18(12(2)14-9-10-14)11-13-7-5-4-6-8-13;/h4-8,12,14-15H,3,9-11,17H2,1-2H3;1H/t12?,15-;/m0./s1. The van der Waals surface area contributed by atoms with Gasteiger partial charge in [-0.25, -0.2) is 0 Å². The summed E-state index contributed by atoms with van der Waals surface area (Å²) >= 11 is 0. The van der Waals surface area contributed by atoms with Crippen LogP contribution in [0.4, 0.5) is 0 Å². The average molecular weight is 297 g/mol. The molecule has 1 aliphatic carbocycles. The van der Waals surface area contributed by atoms with Crippen LogP contribution in [0.5, 0.6) is 0 Å². The van der Waals surface area contributed by atoms with Gasteiger partial charge in [0.2, 0.25) is 5.91 Å². The van der Waals surface area contributed by atoms with Gasteiger partial charge in [0.15, 0.2) is 0 Å². The van der Waals surface area contributed by atoms with Gasteiger partial charge in [0.25, 0.3) is 0 Å². The summed E-state index contributed by atoms with van der Waals surface area (Å²) in [5, 5.41) is 0. The molecule has 1 unspecified atom stereocenters. The van der Waals surface area contributed by atoms with Crippen LogP contribution < -0.4 is 5.73 Å². The molecule has 0 aliphatic heterocycles. The van der Waals surface area contributed by atoms with Crippen LogP contribution in [0.15, 0.2) is 30.3 Å². The van der Waals surface area contributed by atoms with Crippen LogP contribution in [0.1, 0.15) is 38.7 Å². The maximum Gasteiger partial charge on any atom is 0.240 e. The fourth-order valence-electron chi connectivity index (χ4n) is 2.42. The van der Waals surface area contributed by atoms with Crippen LogP contribution in [-0.2, 0) is 11.3 Å². The SMILES string of the molecule is CC[C@H](N)C(=O)N(Cc1ccccc1)C(C)C1CC1.Cl. The summed E-state index contributed by atoms with van der Waals surface area (Å²) in [5.41, 5.74) is 7.11. The Labute approximate surface area is 127 Å². The minimum atomic E-state index is -0.370. The molecule has 1 aromatic rings. The molecule has 2 atom stereocenters. The Morgan fingerprint density at radius 3 is 2.45 bits per heavy atom. The lowest BCUT2D eigenvalue weighted by molar-refractivity contribution is -0.135. The molecule has 1 saturated carbocycles. The first kappa shape index (κ1) is 17.0. The summed E-state index contributed by atoms with van der Waals surface area (Å²) in [7, 11) is 0. The van der Waals surface area contributed by atoms with E-state index in [2.05, 4.69) is 19.1 Å². The number of hydrogen-bond acceptors (Lipinski definition) is 2. The Balaban J connectivity index is 0.00000200. The highest BCUT2D eigenvalue weighted by Gasteiger charge is 2.35. The summed E-state index contributed by atoms with van der Waals surface area (Å²) in [6, 6.07) is 10.1. The van der Waals surface area contributed by atoms with Gasteiger partial charge in [-0.2, -0.15) is 0 Å². The summed E-state index contributed by atoms with van der Waals surface area (Å²) in [5.74, 6) is 0.752. The van der Waals surface area contributed by atoms with Crippen LogP contribution in [0.25, 0.3) is 0 Å². The summed E-state index contributed by atoms with van der Waals surface area (Å²) < 4.78 is 0. The number of benzene rings is 1. The first-order chi connectivity index (χ1) is 9.13. The van der Waals surface area contributed by atoms with Crippen LogP contribution >= 0.6 is 12.4 Å². The first-order valence-electron chi connectivity index (χ1n) is 7.23. The zero-order valence-electron chi connectivity index (χ0n) is 12.3. The van der Waals surface area contributed by atoms with Gasteiger partial charge in [-0.05, 0) is 37.7 Å². The van der Waals surface area contributed by atoms with Crippen molar-refractivity contribution in [2.24, 2.45) is 11.7 Å². The minimum absolute atomic E-state index is 0. The Bertz CT molecular complexity index is 420. The number of carbonyl (C=O) groups excluding carboxylic acids is 1. The van der Waals surface area contributed by atoms with Crippen molar-refractivity contribution in [3.05, 3.63) is 35.9 Å². The van der Waals surface area contributed by atoms with Crippen LogP contribution in [0.3, 0.4) is 0 Å². The molecule has 2 N–H and O–H groups in total. The fourth-order valence-corrected chi connectivity index (χ4v) is 2.42. The second-order valence-electron chi connectivity index (χ2n) is 5.54. The van der Waals surface area contributed by atoms with E-state index in [-0.39, 0.29) is 24.4 Å². The summed E-state index contributed by atoms with van der Waals surface area (Å²) in [4.78, 5) is 14.4. The van der Waals surface area contributed by atoms with E-state index < -0.39 is 0 Å². The minimum Gasteiger partial charge on any atom is -0.334 e. The Morgan fingerprint density at radius 2 is 1.95 bits per heavy atom. The predicted molar refractivity (Wildman–Crippen MR) is 84.7 cm³/mol. The molecule has 2 rings (SSSR count). The van der Waals surface area contributed by atoms with Gasteiger partial charge in [0.05, 0.1) is 6.04 Å². The van der Waals surface area contributed by atoms with Gasteiger partial charge in [0.1, 0.15) is 0 Å². The molecule has 1 aliphatic rings. The van der Waals surface area contributed by atoms with Crippen LogP contribution in [-0.4, -0.2) is 22.9 Å². The molecular weight excluding hydrogens is 272 g/mol. The van der Waals surface area contributed by atoms with Crippen molar-refractivity contribution in [3.63, 3.8) is 0 Å². The predicted octanol–water partition coefficient (Wildman–Crippen LogP) is 2.97. The molecule has 0 spiro atoms. The molecule has 0 aromatic heterocycles. The molecule has 20 heavy (non-hydrogen) atoms. The van der Waals surface area contributed by atoms with Crippen molar-refractivity contribution in [3.8, 4) is 0 Å². The summed E-state index contributed by atoms with van der Waals surface area (Å²) in [6.07, 6.45) is 3.17. The van der Waals surface area contributed by atoms with E-state index in [4.69, 9.17) is 5.73 Å². The molecule has 0 bridgehead atoms. The molecule has 4 heteroatoms. The molecule has 1 aromatic carbocycles. The molecule has 112 valence electrons. The van der Waals surface area contributed by atoms with Gasteiger partial charge in [0, 0.05) is 12.6 Å². The number of rotatable bonds is 6. The zero-order valence-corrected chi connectivity index (χ0v) is 13.1. The maximum atomic E-state index is 12.5. The van der Waals surface area contributed by atoms with Crippen molar-refractivity contribution < 1.29 is 4.79 Å². The third kappa shape index (κ3) is 4.22. The van der Waals surface area contributed by atoms with E-state index in [1.807, 2.05) is 30.0 Å². The number of carbonyl (C=O) groups is 1. The second-order valence-corrected chi connectivity index (χ2v) is 5.54. The van der Waals surface area contributed by atoms with Gasteiger partial charge in [-0.3, -0.25) is 4.79 Å². The maximum absolute atomic E-state index is 12.5. The van der Waals surface area contributed by atoms with Gasteiger partial charge in [-0.1, -0.05) is 37.3 Å². The highest BCUT2D eigenvalue weighted by atomic mass is 35.5. The normalized spacial score (nSPS) is 16.9. The van der Waals surface area contributed by atoms with Crippen molar-refractivity contribution in [1.82, 2.24) is 4.90 Å². The Morgan fingerprint density at radius 1 is 1.35 bits per heavy atom. The molecule has 1 fully saturated rings. The fraction of sp³-hybridized carbons (Fsp3) is 0.562. The first-order valence-corrected chi connectivity index (χ1v) is 7.23. The third-order valence-electron chi connectivity index (χ3n) is 4.03. The quantitative estimate of drug-likeness (QED) is 0.877. The Hall–Kier alpha value is -1.06. The van der Waals surface area contributed by atoms with Crippen molar-refractivity contribution in [1.29, 1.82) is 0 Å². The molecule has 3 nitrogen and oxygen atoms in total. The third-order valence-corrected chi connectivity index (χ3v) is 4.03. The van der Waals surface area contributed by atoms with E-state index >= 15 is 0 Å². The van der Waals surface area contributed by atoms with Gasteiger partial charge < -0.3 is 10.6 Å². The number of nitrogens with two attached hydrogens (primary N) is 1. The second kappa shape index (κ2) is 7.65. The van der Waals surface area contributed by atoms with Gasteiger partial charge in [-0.15, -0.1) is 12.4 Å². The number of hydrogen-bond donors (Lipinski definition) is 1. The molecule has 1 amide bonds. The van der Waals surface area contributed by atoms with Crippen LogP contribution in [0, 0.1) is 5.92 Å². The van der Waals surface area contributed by atoms with E-state index in [0.717, 1.165) is 0 Å². The smallest absolute Gasteiger partial charge is 0.240 e. The van der Waals surface area contributed by atoms with Crippen LogP contribution in [0.2, 0.25) is 0 Å². The highest BCUT2D eigenvalue weighted by Crippen LogP contribution is 2.35. The summed E-state index contributed by atoms with van der Waals surface area (Å²) in [6.45, 7) is 4.79. The molecule has 0 radical (unpaired) electrons. The lowest BCUT2D eigenvalue weighted by atomic mass is 10.1. The molecule has 0 heterocycles. The molecular formula is C16H25ClN2O. The van der Waals surface area contributed by atoms with E-state index in [9.17, 15) is 4.79 Å². The van der Waals surface area contributed by atoms with Crippen molar-refractivity contribution in [2.75, 3.05) is 0 Å². The largest absolute Gasteiger partial charge is 0.334 e. The number of halogens is 1. The van der Waals surface area contributed by atoms with E-state index in [1.165, 1.54) is 18.4 Å². The topological polar surface area (TPSA) is 46.3 Å². The average Bonchev–Trinajstić information content (AvgIpc) is 3.28. The van der Waals surface area contributed by atoms with Gasteiger partial charge >= 0.3 is 0 Å². The highest BCUT2D eigenvalue weighted by molar-refractivity contribution is 5.85. The number of amides is 1. The lowest BCUT2D eigenvalue weighted by Crippen LogP contribution is -2.47. The lowest BCUT2D eigenvalue weighted by Gasteiger charge is -2.31.